The van der Waals surface area contributed by atoms with E-state index in [1.807, 2.05) is 12.1 Å². The van der Waals surface area contributed by atoms with Crippen molar-refractivity contribution in [3.8, 4) is 0 Å². The van der Waals surface area contributed by atoms with Crippen LogP contribution in [0.1, 0.15) is 6.42 Å². The van der Waals surface area contributed by atoms with Gasteiger partial charge in [-0.15, -0.1) is 0 Å². The quantitative estimate of drug-likeness (QED) is 0.895. The zero-order chi connectivity index (χ0) is 16.6. The lowest BCUT2D eigenvalue weighted by molar-refractivity contribution is 0.179. The van der Waals surface area contributed by atoms with Crippen LogP contribution in [0.3, 0.4) is 0 Å². The monoisotopic (exact) mass is 346 g/mol. The largest absolute Gasteiger partial charge is 0.314 e. The van der Waals surface area contributed by atoms with Crippen molar-refractivity contribution in [3.05, 3.63) is 36.5 Å². The van der Waals surface area contributed by atoms with Crippen molar-refractivity contribution in [1.29, 1.82) is 0 Å². The number of nitrogens with zero attached hydrogens (tertiary/aromatic N) is 3. The van der Waals surface area contributed by atoms with E-state index >= 15 is 0 Å². The van der Waals surface area contributed by atoms with Crippen LogP contribution in [-0.2, 0) is 10.0 Å². The number of piperazine rings is 1. The highest BCUT2D eigenvalue weighted by Crippen LogP contribution is 2.25. The molecule has 1 atom stereocenters. The highest BCUT2D eigenvalue weighted by molar-refractivity contribution is 7.89. The van der Waals surface area contributed by atoms with Gasteiger partial charge in [-0.3, -0.25) is 9.88 Å². The molecule has 6 nitrogen and oxygen atoms in total. The van der Waals surface area contributed by atoms with Crippen LogP contribution in [0.25, 0.3) is 10.9 Å². The first-order valence-electron chi connectivity index (χ1n) is 8.44. The highest BCUT2D eigenvalue weighted by atomic mass is 32.2. The molecule has 2 saturated heterocycles. The van der Waals surface area contributed by atoms with Gasteiger partial charge in [-0.25, -0.2) is 8.42 Å². The average Bonchev–Trinajstić information content (AvgIpc) is 3.13. The lowest BCUT2D eigenvalue weighted by Gasteiger charge is -2.32. The molecule has 0 radical (unpaired) electrons. The summed E-state index contributed by atoms with van der Waals surface area (Å²) in [4.78, 5) is 7.03. The molecule has 0 bridgehead atoms. The van der Waals surface area contributed by atoms with Gasteiger partial charge in [-0.1, -0.05) is 6.07 Å². The number of pyridine rings is 1. The molecule has 1 aromatic carbocycles. The molecule has 1 unspecified atom stereocenters. The topological polar surface area (TPSA) is 65.5 Å². The summed E-state index contributed by atoms with van der Waals surface area (Å²) >= 11 is 0. The van der Waals surface area contributed by atoms with Gasteiger partial charge >= 0.3 is 0 Å². The molecule has 0 saturated carbocycles. The molecule has 128 valence electrons. The molecular weight excluding hydrogens is 324 g/mol. The van der Waals surface area contributed by atoms with Crippen LogP contribution in [0, 0.1) is 0 Å². The van der Waals surface area contributed by atoms with Gasteiger partial charge in [-0.05, 0) is 30.7 Å². The van der Waals surface area contributed by atoms with E-state index in [0.717, 1.165) is 43.5 Å². The fourth-order valence-corrected chi connectivity index (χ4v) is 5.17. The van der Waals surface area contributed by atoms with Gasteiger partial charge < -0.3 is 5.32 Å². The first-order valence-corrected chi connectivity index (χ1v) is 9.88. The summed E-state index contributed by atoms with van der Waals surface area (Å²) in [7, 11) is -3.44. The first-order chi connectivity index (χ1) is 11.6. The van der Waals surface area contributed by atoms with Gasteiger partial charge in [0.1, 0.15) is 0 Å². The Morgan fingerprint density at radius 3 is 2.79 bits per heavy atom. The molecular formula is C17H22N4O2S. The van der Waals surface area contributed by atoms with E-state index < -0.39 is 10.0 Å². The number of rotatable bonds is 3. The summed E-state index contributed by atoms with van der Waals surface area (Å²) in [6.45, 7) is 5.16. The van der Waals surface area contributed by atoms with Crippen LogP contribution in [-0.4, -0.2) is 67.9 Å². The van der Waals surface area contributed by atoms with E-state index in [0.29, 0.717) is 24.0 Å². The lowest BCUT2D eigenvalue weighted by atomic mass is 10.2. The smallest absolute Gasteiger partial charge is 0.243 e. The number of benzene rings is 1. The maximum atomic E-state index is 13.0. The SMILES string of the molecule is O=S(=O)(c1ccc2ncccc2c1)N1CCC(N2CCNCC2)C1. The summed E-state index contributed by atoms with van der Waals surface area (Å²) in [5.41, 5.74) is 0.816. The maximum Gasteiger partial charge on any atom is 0.243 e. The second-order valence-corrected chi connectivity index (χ2v) is 8.39. The zero-order valence-electron chi connectivity index (χ0n) is 13.6. The van der Waals surface area contributed by atoms with Crippen LogP contribution in [0.15, 0.2) is 41.4 Å². The van der Waals surface area contributed by atoms with Crippen LogP contribution in [0.5, 0.6) is 0 Å². The molecule has 3 heterocycles. The standard InChI is InChI=1S/C17H22N4O2S/c22-24(23,16-3-4-17-14(12-16)2-1-6-19-17)21-9-5-15(13-21)20-10-7-18-8-11-20/h1-4,6,12,15,18H,5,7-11,13H2. The van der Waals surface area contributed by atoms with E-state index in [4.69, 9.17) is 0 Å². The minimum absolute atomic E-state index is 0.337. The van der Waals surface area contributed by atoms with Gasteiger partial charge in [-0.2, -0.15) is 4.31 Å². The first kappa shape index (κ1) is 16.0. The predicted molar refractivity (Wildman–Crippen MR) is 93.3 cm³/mol. The normalized spacial score (nSPS) is 23.8. The molecule has 2 fully saturated rings. The summed E-state index contributed by atoms with van der Waals surface area (Å²) in [6, 6.07) is 9.25. The number of fused-ring (bicyclic) bond motifs is 1. The predicted octanol–water partition coefficient (Wildman–Crippen LogP) is 0.903. The highest BCUT2D eigenvalue weighted by Gasteiger charge is 2.35. The summed E-state index contributed by atoms with van der Waals surface area (Å²) in [5, 5.41) is 4.20. The molecule has 2 aliphatic heterocycles. The van der Waals surface area contributed by atoms with Crippen LogP contribution in [0.2, 0.25) is 0 Å². The van der Waals surface area contributed by atoms with Gasteiger partial charge in [0.25, 0.3) is 0 Å². The third kappa shape index (κ3) is 2.93. The minimum atomic E-state index is -3.44. The Balaban J connectivity index is 1.55. The van der Waals surface area contributed by atoms with Crippen molar-refractivity contribution in [1.82, 2.24) is 19.5 Å². The van der Waals surface area contributed by atoms with Crippen LogP contribution >= 0.6 is 0 Å². The summed E-state index contributed by atoms with van der Waals surface area (Å²) in [5.74, 6) is 0. The Morgan fingerprint density at radius 2 is 1.96 bits per heavy atom. The minimum Gasteiger partial charge on any atom is -0.314 e. The van der Waals surface area contributed by atoms with Crippen molar-refractivity contribution in [2.75, 3.05) is 39.3 Å². The van der Waals surface area contributed by atoms with Gasteiger partial charge in [0, 0.05) is 56.9 Å². The van der Waals surface area contributed by atoms with E-state index in [9.17, 15) is 8.42 Å². The van der Waals surface area contributed by atoms with Crippen molar-refractivity contribution in [2.45, 2.75) is 17.4 Å². The maximum absolute atomic E-state index is 13.0. The van der Waals surface area contributed by atoms with Gasteiger partial charge in [0.05, 0.1) is 10.4 Å². The van der Waals surface area contributed by atoms with Gasteiger partial charge in [0.2, 0.25) is 10.0 Å². The number of aromatic nitrogens is 1. The molecule has 0 spiro atoms. The van der Waals surface area contributed by atoms with Crippen molar-refractivity contribution < 1.29 is 8.42 Å². The Kier molecular flexibility index (Phi) is 4.26. The van der Waals surface area contributed by atoms with Crippen molar-refractivity contribution in [2.24, 2.45) is 0 Å². The molecule has 24 heavy (non-hydrogen) atoms. The summed E-state index contributed by atoms with van der Waals surface area (Å²) in [6.07, 6.45) is 2.63. The molecule has 2 aromatic rings. The van der Waals surface area contributed by atoms with Gasteiger partial charge in [0.15, 0.2) is 0 Å². The molecule has 4 rings (SSSR count). The second-order valence-electron chi connectivity index (χ2n) is 6.45. The Hall–Kier alpha value is -1.54. The van der Waals surface area contributed by atoms with E-state index in [1.54, 1.807) is 28.7 Å². The fourth-order valence-electron chi connectivity index (χ4n) is 3.64. The zero-order valence-corrected chi connectivity index (χ0v) is 14.4. The third-order valence-corrected chi connectivity index (χ3v) is 6.87. The molecule has 0 amide bonds. The Labute approximate surface area is 142 Å². The molecule has 1 N–H and O–H groups in total. The molecule has 2 aliphatic rings. The Morgan fingerprint density at radius 1 is 1.12 bits per heavy atom. The fraction of sp³-hybridized carbons (Fsp3) is 0.471. The van der Waals surface area contributed by atoms with Crippen LogP contribution in [0.4, 0.5) is 0 Å². The number of nitrogens with one attached hydrogen (secondary N) is 1. The number of hydrogen-bond acceptors (Lipinski definition) is 5. The second kappa shape index (κ2) is 6.40. The molecule has 1 aromatic heterocycles. The average molecular weight is 346 g/mol. The molecule has 0 aliphatic carbocycles. The molecule has 7 heteroatoms. The third-order valence-electron chi connectivity index (χ3n) is 5.01. The van der Waals surface area contributed by atoms with Crippen molar-refractivity contribution in [3.63, 3.8) is 0 Å². The lowest BCUT2D eigenvalue weighted by Crippen LogP contribution is -2.49. The Bertz CT molecular complexity index is 833. The van der Waals surface area contributed by atoms with E-state index in [-0.39, 0.29) is 0 Å². The van der Waals surface area contributed by atoms with Crippen LogP contribution < -0.4 is 5.32 Å². The summed E-state index contributed by atoms with van der Waals surface area (Å²) < 4.78 is 27.6. The number of sulfonamides is 1. The van der Waals surface area contributed by atoms with E-state index in [2.05, 4.69) is 15.2 Å². The van der Waals surface area contributed by atoms with Crippen molar-refractivity contribution >= 4 is 20.9 Å². The number of hydrogen-bond donors (Lipinski definition) is 1. The van der Waals surface area contributed by atoms with E-state index in [1.165, 1.54) is 0 Å².